The van der Waals surface area contributed by atoms with Crippen molar-refractivity contribution in [2.24, 2.45) is 0 Å². The first kappa shape index (κ1) is 10.2. The molecule has 1 aromatic carbocycles. The maximum atomic E-state index is 10.6. The number of ether oxygens (including phenoxy) is 1. The lowest BCUT2D eigenvalue weighted by Crippen LogP contribution is -1.91. The monoisotopic (exact) mass is 220 g/mol. The van der Waals surface area contributed by atoms with Crippen LogP contribution < -0.4 is 4.74 Å². The van der Waals surface area contributed by atoms with Crippen molar-refractivity contribution < 1.29 is 14.8 Å². The molecule has 0 fully saturated rings. The van der Waals surface area contributed by atoms with Crippen molar-refractivity contribution in [2.75, 3.05) is 7.11 Å². The summed E-state index contributed by atoms with van der Waals surface area (Å²) >= 11 is 0. The van der Waals surface area contributed by atoms with Crippen LogP contribution in [-0.2, 0) is 0 Å². The summed E-state index contributed by atoms with van der Waals surface area (Å²) in [4.78, 5) is 13.8. The van der Waals surface area contributed by atoms with Crippen LogP contribution in [0.25, 0.3) is 10.9 Å². The number of pyridine rings is 1. The lowest BCUT2D eigenvalue weighted by atomic mass is 10.2. The zero-order chi connectivity index (χ0) is 11.7. The molecule has 1 N–H and O–H groups in total. The smallest absolute Gasteiger partial charge is 0.329 e. The first-order chi connectivity index (χ1) is 7.63. The van der Waals surface area contributed by atoms with Gasteiger partial charge < -0.3 is 9.84 Å². The SMILES string of the molecule is COc1ccc2c(O)c([N+](=O)[O-])cnc2c1. The zero-order valence-corrected chi connectivity index (χ0v) is 8.38. The first-order valence-electron chi connectivity index (χ1n) is 4.43. The van der Waals surface area contributed by atoms with Crippen molar-refractivity contribution >= 4 is 16.6 Å². The Morgan fingerprint density at radius 2 is 2.25 bits per heavy atom. The zero-order valence-electron chi connectivity index (χ0n) is 8.38. The number of nitrogens with zero attached hydrogens (tertiary/aromatic N) is 2. The third-order valence-electron chi connectivity index (χ3n) is 2.23. The van der Waals surface area contributed by atoms with E-state index < -0.39 is 10.6 Å². The minimum absolute atomic E-state index is 0.329. The molecule has 16 heavy (non-hydrogen) atoms. The van der Waals surface area contributed by atoms with Crippen molar-refractivity contribution in [3.63, 3.8) is 0 Å². The van der Waals surface area contributed by atoms with Crippen molar-refractivity contribution in [3.05, 3.63) is 34.5 Å². The molecular weight excluding hydrogens is 212 g/mol. The average Bonchev–Trinajstić information content (AvgIpc) is 2.28. The fourth-order valence-corrected chi connectivity index (χ4v) is 1.41. The van der Waals surface area contributed by atoms with Crippen LogP contribution in [0.4, 0.5) is 5.69 Å². The maximum Gasteiger partial charge on any atom is 0.329 e. The standard InChI is InChI=1S/C10H8N2O4/c1-16-6-2-3-7-8(4-6)11-5-9(10(7)13)12(14)15/h2-5H,1H3,(H,11,13). The minimum Gasteiger partial charge on any atom is -0.502 e. The highest BCUT2D eigenvalue weighted by Crippen LogP contribution is 2.33. The van der Waals surface area contributed by atoms with Gasteiger partial charge in [0.25, 0.3) is 0 Å². The third kappa shape index (κ3) is 1.50. The Hall–Kier alpha value is -2.37. The number of fused-ring (bicyclic) bond motifs is 1. The third-order valence-corrected chi connectivity index (χ3v) is 2.23. The van der Waals surface area contributed by atoms with Crippen LogP contribution in [0, 0.1) is 10.1 Å². The van der Waals surface area contributed by atoms with E-state index in [1.54, 1.807) is 12.1 Å². The van der Waals surface area contributed by atoms with Crippen molar-refractivity contribution in [1.29, 1.82) is 0 Å². The molecular formula is C10H8N2O4. The Morgan fingerprint density at radius 1 is 1.50 bits per heavy atom. The summed E-state index contributed by atoms with van der Waals surface area (Å²) in [5.41, 5.74) is 0.0418. The number of aromatic nitrogens is 1. The number of benzene rings is 1. The van der Waals surface area contributed by atoms with E-state index in [1.165, 1.54) is 13.2 Å². The second-order valence-electron chi connectivity index (χ2n) is 3.13. The number of hydrogen-bond donors (Lipinski definition) is 1. The Morgan fingerprint density at radius 3 is 2.88 bits per heavy atom. The van der Waals surface area contributed by atoms with Crippen LogP contribution in [0.3, 0.4) is 0 Å². The van der Waals surface area contributed by atoms with E-state index in [4.69, 9.17) is 4.74 Å². The Balaban J connectivity index is 2.71. The minimum atomic E-state index is -0.675. The van der Waals surface area contributed by atoms with Crippen LogP contribution in [0.1, 0.15) is 0 Å². The number of aromatic hydroxyl groups is 1. The highest BCUT2D eigenvalue weighted by molar-refractivity contribution is 5.88. The van der Waals surface area contributed by atoms with Crippen LogP contribution in [0.5, 0.6) is 11.5 Å². The molecule has 0 unspecified atom stereocenters. The van der Waals surface area contributed by atoms with Crippen molar-refractivity contribution in [3.8, 4) is 11.5 Å². The fourth-order valence-electron chi connectivity index (χ4n) is 1.41. The largest absolute Gasteiger partial charge is 0.502 e. The average molecular weight is 220 g/mol. The van der Waals surface area contributed by atoms with Crippen molar-refractivity contribution in [2.45, 2.75) is 0 Å². The van der Waals surface area contributed by atoms with E-state index in [0.29, 0.717) is 16.7 Å². The molecule has 0 amide bonds. The van der Waals surface area contributed by atoms with Gasteiger partial charge in [-0.15, -0.1) is 0 Å². The van der Waals surface area contributed by atoms with Gasteiger partial charge in [-0.05, 0) is 12.1 Å². The predicted molar refractivity (Wildman–Crippen MR) is 56.6 cm³/mol. The number of rotatable bonds is 2. The highest BCUT2D eigenvalue weighted by atomic mass is 16.6. The summed E-state index contributed by atoms with van der Waals surface area (Å²) in [5.74, 6) is 0.200. The van der Waals surface area contributed by atoms with Gasteiger partial charge in [0.1, 0.15) is 11.9 Å². The number of methoxy groups -OCH3 is 1. The summed E-state index contributed by atoms with van der Waals surface area (Å²) in [6.07, 6.45) is 1.02. The Kier molecular flexibility index (Phi) is 2.32. The van der Waals surface area contributed by atoms with Gasteiger partial charge in [-0.2, -0.15) is 0 Å². The molecule has 2 aromatic rings. The van der Waals surface area contributed by atoms with Gasteiger partial charge >= 0.3 is 5.69 Å². The number of nitro groups is 1. The van der Waals surface area contributed by atoms with Crippen molar-refractivity contribution in [1.82, 2.24) is 4.98 Å². The molecule has 0 saturated carbocycles. The molecule has 0 aliphatic rings. The molecule has 1 heterocycles. The van der Waals surface area contributed by atoms with Crippen LogP contribution in [-0.4, -0.2) is 22.1 Å². The summed E-state index contributed by atoms with van der Waals surface area (Å²) in [5, 5.41) is 20.6. The fraction of sp³-hybridized carbons (Fsp3) is 0.100. The van der Waals surface area contributed by atoms with Gasteiger partial charge in [0, 0.05) is 11.5 Å². The first-order valence-corrected chi connectivity index (χ1v) is 4.43. The van der Waals surface area contributed by atoms with E-state index in [9.17, 15) is 15.2 Å². The summed E-state index contributed by atoms with van der Waals surface area (Å²) in [6, 6.07) is 4.73. The second kappa shape index (κ2) is 3.65. The van der Waals surface area contributed by atoms with E-state index in [2.05, 4.69) is 4.98 Å². The van der Waals surface area contributed by atoms with Crippen LogP contribution in [0.2, 0.25) is 0 Å². The van der Waals surface area contributed by atoms with Crippen LogP contribution in [0.15, 0.2) is 24.4 Å². The maximum absolute atomic E-state index is 10.6. The molecule has 0 atom stereocenters. The quantitative estimate of drug-likeness (QED) is 0.616. The van der Waals surface area contributed by atoms with E-state index in [-0.39, 0.29) is 5.75 Å². The molecule has 0 spiro atoms. The molecule has 1 aromatic heterocycles. The molecule has 2 rings (SSSR count). The lowest BCUT2D eigenvalue weighted by molar-refractivity contribution is -0.386. The molecule has 6 heteroatoms. The van der Waals surface area contributed by atoms with Gasteiger partial charge in [-0.1, -0.05) is 0 Å². The van der Waals surface area contributed by atoms with Gasteiger partial charge in [0.05, 0.1) is 17.5 Å². The van der Waals surface area contributed by atoms with Gasteiger partial charge in [-0.25, -0.2) is 4.98 Å². The summed E-state index contributed by atoms with van der Waals surface area (Å²) < 4.78 is 4.98. The molecule has 0 aliphatic carbocycles. The Bertz CT molecular complexity index is 568. The van der Waals surface area contributed by atoms with Crippen LogP contribution >= 0.6 is 0 Å². The summed E-state index contributed by atoms with van der Waals surface area (Å²) in [6.45, 7) is 0. The topological polar surface area (TPSA) is 85.5 Å². The molecule has 0 saturated heterocycles. The molecule has 0 bridgehead atoms. The Labute approximate surface area is 90.3 Å². The van der Waals surface area contributed by atoms with E-state index >= 15 is 0 Å². The summed E-state index contributed by atoms with van der Waals surface area (Å²) in [7, 11) is 1.51. The molecule has 0 radical (unpaired) electrons. The lowest BCUT2D eigenvalue weighted by Gasteiger charge is -2.03. The molecule has 6 nitrogen and oxygen atoms in total. The van der Waals surface area contributed by atoms with E-state index in [0.717, 1.165) is 6.20 Å². The highest BCUT2D eigenvalue weighted by Gasteiger charge is 2.17. The van der Waals surface area contributed by atoms with Gasteiger partial charge in [-0.3, -0.25) is 10.1 Å². The van der Waals surface area contributed by atoms with E-state index in [1.807, 2.05) is 0 Å². The predicted octanol–water partition coefficient (Wildman–Crippen LogP) is 1.86. The second-order valence-corrected chi connectivity index (χ2v) is 3.13. The number of hydrogen-bond acceptors (Lipinski definition) is 5. The molecule has 0 aliphatic heterocycles. The van der Waals surface area contributed by atoms with Gasteiger partial charge in [0.2, 0.25) is 5.75 Å². The van der Waals surface area contributed by atoms with Gasteiger partial charge in [0.15, 0.2) is 0 Å². The normalized spacial score (nSPS) is 10.3. The molecule has 82 valence electrons.